The van der Waals surface area contributed by atoms with Crippen molar-refractivity contribution in [3.8, 4) is 0 Å². The zero-order valence-corrected chi connectivity index (χ0v) is 12.2. The zero-order chi connectivity index (χ0) is 14.9. The van der Waals surface area contributed by atoms with Gasteiger partial charge in [-0.2, -0.15) is 0 Å². The third kappa shape index (κ3) is 2.48. The van der Waals surface area contributed by atoms with E-state index < -0.39 is 0 Å². The van der Waals surface area contributed by atoms with Crippen molar-refractivity contribution in [2.45, 2.75) is 25.4 Å². The minimum Gasteiger partial charge on any atom is -0.335 e. The van der Waals surface area contributed by atoms with Crippen LogP contribution in [-0.2, 0) is 6.54 Å². The van der Waals surface area contributed by atoms with Gasteiger partial charge in [0.15, 0.2) is 0 Å². The number of benzene rings is 2. The number of aromatic amines is 1. The predicted octanol–water partition coefficient (Wildman–Crippen LogP) is 3.09. The molecule has 2 aromatic carbocycles. The standard InChI is InChI=1S/C18H17N3O/c22-17-15-8-4-5-9-16(15)19-18(20-17)21(14-10-11-14)12-13-6-2-1-3-7-13/h1-9,14H,10-12H2,(H,19,20,22). The molecule has 0 radical (unpaired) electrons. The average Bonchev–Trinajstić information content (AvgIpc) is 3.38. The van der Waals surface area contributed by atoms with Crippen LogP contribution in [0.25, 0.3) is 10.9 Å². The Kier molecular flexibility index (Phi) is 3.15. The van der Waals surface area contributed by atoms with Crippen LogP contribution < -0.4 is 10.5 Å². The van der Waals surface area contributed by atoms with Gasteiger partial charge in [0.2, 0.25) is 5.95 Å². The molecule has 1 aliphatic carbocycles. The van der Waals surface area contributed by atoms with E-state index in [9.17, 15) is 4.79 Å². The van der Waals surface area contributed by atoms with Gasteiger partial charge < -0.3 is 4.90 Å². The van der Waals surface area contributed by atoms with Crippen molar-refractivity contribution in [3.63, 3.8) is 0 Å². The van der Waals surface area contributed by atoms with Gasteiger partial charge in [-0.05, 0) is 30.5 Å². The molecule has 0 atom stereocenters. The molecule has 3 aromatic rings. The van der Waals surface area contributed by atoms with Crippen LogP contribution in [0.5, 0.6) is 0 Å². The Hall–Kier alpha value is -2.62. The molecule has 4 rings (SSSR count). The maximum Gasteiger partial charge on any atom is 0.260 e. The number of para-hydroxylation sites is 1. The number of fused-ring (bicyclic) bond motifs is 1. The molecule has 0 unspecified atom stereocenters. The van der Waals surface area contributed by atoms with Gasteiger partial charge in [0.05, 0.1) is 10.9 Å². The third-order valence-corrected chi connectivity index (χ3v) is 4.06. The number of H-pyrrole nitrogens is 1. The van der Waals surface area contributed by atoms with Gasteiger partial charge >= 0.3 is 0 Å². The molecule has 4 heteroatoms. The summed E-state index contributed by atoms with van der Waals surface area (Å²) >= 11 is 0. The second-order valence-electron chi connectivity index (χ2n) is 5.75. The fourth-order valence-electron chi connectivity index (χ4n) is 2.75. The molecule has 0 aliphatic heterocycles. The molecule has 0 spiro atoms. The highest BCUT2D eigenvalue weighted by Crippen LogP contribution is 2.31. The second kappa shape index (κ2) is 5.30. The molecule has 1 aromatic heterocycles. The van der Waals surface area contributed by atoms with Gasteiger partial charge in [-0.1, -0.05) is 42.5 Å². The van der Waals surface area contributed by atoms with Crippen LogP contribution in [-0.4, -0.2) is 16.0 Å². The van der Waals surface area contributed by atoms with Crippen molar-refractivity contribution in [1.29, 1.82) is 0 Å². The fourth-order valence-corrected chi connectivity index (χ4v) is 2.75. The summed E-state index contributed by atoms with van der Waals surface area (Å²) in [6.07, 6.45) is 2.31. The molecule has 1 aliphatic rings. The number of hydrogen-bond acceptors (Lipinski definition) is 3. The quantitative estimate of drug-likeness (QED) is 0.803. The number of nitrogens with zero attached hydrogens (tertiary/aromatic N) is 2. The maximum absolute atomic E-state index is 12.3. The highest BCUT2D eigenvalue weighted by Gasteiger charge is 2.30. The second-order valence-corrected chi connectivity index (χ2v) is 5.75. The summed E-state index contributed by atoms with van der Waals surface area (Å²) in [5.74, 6) is 0.676. The molecule has 4 nitrogen and oxygen atoms in total. The van der Waals surface area contributed by atoms with Crippen molar-refractivity contribution in [2.75, 3.05) is 4.90 Å². The van der Waals surface area contributed by atoms with Gasteiger partial charge in [-0.25, -0.2) is 4.98 Å². The lowest BCUT2D eigenvalue weighted by Gasteiger charge is -2.23. The third-order valence-electron chi connectivity index (χ3n) is 4.06. The molecule has 110 valence electrons. The summed E-state index contributed by atoms with van der Waals surface area (Å²) in [7, 11) is 0. The lowest BCUT2D eigenvalue weighted by Crippen LogP contribution is -2.29. The molecule has 1 N–H and O–H groups in total. The monoisotopic (exact) mass is 291 g/mol. The van der Waals surface area contributed by atoms with Crippen LogP contribution in [0.3, 0.4) is 0 Å². The summed E-state index contributed by atoms with van der Waals surface area (Å²) in [5.41, 5.74) is 1.91. The van der Waals surface area contributed by atoms with Crippen molar-refractivity contribution in [2.24, 2.45) is 0 Å². The maximum atomic E-state index is 12.3. The van der Waals surface area contributed by atoms with E-state index in [2.05, 4.69) is 27.0 Å². The fraction of sp³-hybridized carbons (Fsp3) is 0.222. The Bertz CT molecular complexity index is 853. The Labute approximate surface area is 128 Å². The van der Waals surface area contributed by atoms with Crippen molar-refractivity contribution in [3.05, 3.63) is 70.5 Å². The topological polar surface area (TPSA) is 49.0 Å². The first kappa shape index (κ1) is 13.1. The van der Waals surface area contributed by atoms with E-state index in [1.165, 1.54) is 5.56 Å². The summed E-state index contributed by atoms with van der Waals surface area (Å²) < 4.78 is 0. The predicted molar refractivity (Wildman–Crippen MR) is 88.0 cm³/mol. The zero-order valence-electron chi connectivity index (χ0n) is 12.2. The van der Waals surface area contributed by atoms with E-state index in [4.69, 9.17) is 0 Å². The highest BCUT2D eigenvalue weighted by molar-refractivity contribution is 5.78. The Morgan fingerprint density at radius 2 is 1.77 bits per heavy atom. The van der Waals surface area contributed by atoms with E-state index in [-0.39, 0.29) is 5.56 Å². The summed E-state index contributed by atoms with van der Waals surface area (Å²) in [4.78, 5) is 22.1. The minimum absolute atomic E-state index is 0.0701. The molecular formula is C18H17N3O. The van der Waals surface area contributed by atoms with Gasteiger partial charge in [0.1, 0.15) is 0 Å². The normalized spacial score (nSPS) is 14.2. The first-order chi connectivity index (χ1) is 10.8. The van der Waals surface area contributed by atoms with Crippen molar-refractivity contribution < 1.29 is 0 Å². The molecule has 0 bridgehead atoms. The molecule has 1 heterocycles. The molecule has 1 saturated carbocycles. The Morgan fingerprint density at radius 3 is 2.55 bits per heavy atom. The molecular weight excluding hydrogens is 274 g/mol. The largest absolute Gasteiger partial charge is 0.335 e. The average molecular weight is 291 g/mol. The number of hydrogen-bond donors (Lipinski definition) is 1. The highest BCUT2D eigenvalue weighted by atomic mass is 16.1. The summed E-state index contributed by atoms with van der Waals surface area (Å²) in [6, 6.07) is 18.3. The summed E-state index contributed by atoms with van der Waals surface area (Å²) in [5, 5.41) is 0.640. The van der Waals surface area contributed by atoms with E-state index in [1.807, 2.05) is 42.5 Å². The number of anilines is 1. The number of nitrogens with one attached hydrogen (secondary N) is 1. The van der Waals surface area contributed by atoms with Gasteiger partial charge in [0, 0.05) is 12.6 Å². The van der Waals surface area contributed by atoms with Crippen molar-refractivity contribution >= 4 is 16.9 Å². The lowest BCUT2D eigenvalue weighted by molar-refractivity contribution is 0.759. The van der Waals surface area contributed by atoms with Gasteiger partial charge in [0.25, 0.3) is 5.56 Å². The number of aromatic nitrogens is 2. The van der Waals surface area contributed by atoms with Crippen LogP contribution in [0.2, 0.25) is 0 Å². The molecule has 0 amide bonds. The smallest absolute Gasteiger partial charge is 0.260 e. The van der Waals surface area contributed by atoms with E-state index in [0.29, 0.717) is 17.4 Å². The van der Waals surface area contributed by atoms with E-state index >= 15 is 0 Å². The van der Waals surface area contributed by atoms with Crippen LogP contribution in [0, 0.1) is 0 Å². The Balaban J connectivity index is 1.75. The summed E-state index contributed by atoms with van der Waals surface area (Å²) in [6.45, 7) is 0.771. The van der Waals surface area contributed by atoms with Crippen LogP contribution >= 0.6 is 0 Å². The first-order valence-electron chi connectivity index (χ1n) is 7.61. The first-order valence-corrected chi connectivity index (χ1v) is 7.61. The molecule has 0 saturated heterocycles. The Morgan fingerprint density at radius 1 is 1.05 bits per heavy atom. The van der Waals surface area contributed by atoms with Crippen molar-refractivity contribution in [1.82, 2.24) is 9.97 Å². The van der Waals surface area contributed by atoms with Crippen LogP contribution in [0.15, 0.2) is 59.4 Å². The van der Waals surface area contributed by atoms with Gasteiger partial charge in [-0.3, -0.25) is 9.78 Å². The SMILES string of the molecule is O=c1[nH]c(N(Cc2ccccc2)C2CC2)nc2ccccc12. The minimum atomic E-state index is -0.0701. The molecule has 1 fully saturated rings. The lowest BCUT2D eigenvalue weighted by atomic mass is 10.2. The van der Waals surface area contributed by atoms with Gasteiger partial charge in [-0.15, -0.1) is 0 Å². The molecule has 22 heavy (non-hydrogen) atoms. The van der Waals surface area contributed by atoms with E-state index in [0.717, 1.165) is 24.9 Å². The van der Waals surface area contributed by atoms with E-state index in [1.54, 1.807) is 0 Å². The van der Waals surface area contributed by atoms with Crippen LogP contribution in [0.1, 0.15) is 18.4 Å². The van der Waals surface area contributed by atoms with Crippen LogP contribution in [0.4, 0.5) is 5.95 Å². The number of rotatable bonds is 4.